The highest BCUT2D eigenvalue weighted by Crippen LogP contribution is 2.19. The third kappa shape index (κ3) is 4.25. The topological polar surface area (TPSA) is 96.7 Å². The Hall–Kier alpha value is -3.48. The molecule has 1 amide bonds. The normalized spacial score (nSPS) is 11.0. The van der Waals surface area contributed by atoms with Gasteiger partial charge in [-0.2, -0.15) is 4.98 Å². The Kier molecular flexibility index (Phi) is 5.42. The van der Waals surface area contributed by atoms with Gasteiger partial charge < -0.3 is 14.8 Å². The minimum absolute atomic E-state index is 0.0395. The third-order valence-corrected chi connectivity index (χ3v) is 4.59. The zero-order valence-corrected chi connectivity index (χ0v) is 15.4. The molecule has 0 radical (unpaired) electrons. The summed E-state index contributed by atoms with van der Waals surface area (Å²) in [5, 5.41) is 8.10. The number of rotatable bonds is 8. The fraction of sp³-hybridized carbons (Fsp3) is 0.238. The van der Waals surface area contributed by atoms with Crippen LogP contribution in [0.25, 0.3) is 22.4 Å². The molecule has 7 nitrogen and oxygen atoms in total. The van der Waals surface area contributed by atoms with E-state index in [9.17, 15) is 4.79 Å². The van der Waals surface area contributed by atoms with Gasteiger partial charge in [0.25, 0.3) is 5.89 Å². The van der Waals surface area contributed by atoms with Gasteiger partial charge in [0.2, 0.25) is 5.91 Å². The molecule has 1 aromatic carbocycles. The van der Waals surface area contributed by atoms with Crippen LogP contribution in [0.15, 0.2) is 59.5 Å². The number of hydrogen-bond donors (Lipinski definition) is 2. The van der Waals surface area contributed by atoms with E-state index in [-0.39, 0.29) is 5.91 Å². The molecular formula is C21H21N5O2. The highest BCUT2D eigenvalue weighted by molar-refractivity contribution is 5.83. The van der Waals surface area contributed by atoms with Crippen LogP contribution in [-0.2, 0) is 17.6 Å². The lowest BCUT2D eigenvalue weighted by molar-refractivity contribution is -0.121. The highest BCUT2D eigenvalue weighted by atomic mass is 16.5. The second kappa shape index (κ2) is 8.47. The number of aryl methyl sites for hydroxylation is 1. The maximum atomic E-state index is 12.1. The summed E-state index contributed by atoms with van der Waals surface area (Å²) in [5.41, 5.74) is 3.21. The van der Waals surface area contributed by atoms with Crippen LogP contribution in [0.5, 0.6) is 0 Å². The van der Waals surface area contributed by atoms with Gasteiger partial charge in [0, 0.05) is 54.4 Å². The van der Waals surface area contributed by atoms with Gasteiger partial charge in [-0.05, 0) is 36.6 Å². The first-order chi connectivity index (χ1) is 13.8. The zero-order chi connectivity index (χ0) is 19.2. The van der Waals surface area contributed by atoms with Crippen LogP contribution in [0, 0.1) is 0 Å². The number of amides is 1. The Morgan fingerprint density at radius 1 is 1.11 bits per heavy atom. The molecule has 28 heavy (non-hydrogen) atoms. The molecule has 0 saturated carbocycles. The third-order valence-electron chi connectivity index (χ3n) is 4.59. The molecule has 3 heterocycles. The molecule has 0 bridgehead atoms. The van der Waals surface area contributed by atoms with Crippen molar-refractivity contribution in [3.8, 4) is 11.5 Å². The van der Waals surface area contributed by atoms with Crippen molar-refractivity contribution < 1.29 is 9.32 Å². The lowest BCUT2D eigenvalue weighted by Crippen LogP contribution is -2.25. The van der Waals surface area contributed by atoms with E-state index in [1.165, 1.54) is 10.9 Å². The van der Waals surface area contributed by atoms with Gasteiger partial charge in [0.15, 0.2) is 5.82 Å². The first-order valence-corrected chi connectivity index (χ1v) is 9.34. The molecule has 7 heteroatoms. The molecule has 0 unspecified atom stereocenters. The second-order valence-corrected chi connectivity index (χ2v) is 6.56. The van der Waals surface area contributed by atoms with E-state index in [1.54, 1.807) is 12.4 Å². The second-order valence-electron chi connectivity index (χ2n) is 6.56. The fourth-order valence-corrected chi connectivity index (χ4v) is 3.15. The number of carbonyl (C=O) groups is 1. The van der Waals surface area contributed by atoms with E-state index in [0.29, 0.717) is 31.1 Å². The quantitative estimate of drug-likeness (QED) is 0.492. The number of nitrogens with zero attached hydrogens (tertiary/aromatic N) is 3. The molecule has 0 aliphatic carbocycles. The summed E-state index contributed by atoms with van der Waals surface area (Å²) in [6.45, 7) is 0.487. The number of nitrogens with one attached hydrogen (secondary N) is 2. The number of para-hydroxylation sites is 1. The van der Waals surface area contributed by atoms with E-state index < -0.39 is 0 Å². The first kappa shape index (κ1) is 17.9. The molecule has 0 aliphatic heterocycles. The lowest BCUT2D eigenvalue weighted by Gasteiger charge is -2.03. The van der Waals surface area contributed by atoms with Gasteiger partial charge in [0.05, 0.1) is 0 Å². The monoisotopic (exact) mass is 375 g/mol. The Balaban J connectivity index is 1.19. The minimum atomic E-state index is 0.0395. The number of fused-ring (bicyclic) bond motifs is 1. The molecule has 4 rings (SSSR count). The molecule has 0 saturated heterocycles. The van der Waals surface area contributed by atoms with Crippen molar-refractivity contribution in [2.24, 2.45) is 0 Å². The molecule has 0 fully saturated rings. The maximum absolute atomic E-state index is 12.1. The van der Waals surface area contributed by atoms with Crippen LogP contribution >= 0.6 is 0 Å². The molecular weight excluding hydrogens is 354 g/mol. The summed E-state index contributed by atoms with van der Waals surface area (Å²) in [6.07, 6.45) is 8.08. The van der Waals surface area contributed by atoms with Crippen molar-refractivity contribution in [1.82, 2.24) is 25.4 Å². The number of carbonyl (C=O) groups excluding carboxylic acids is 1. The molecule has 4 aromatic rings. The van der Waals surface area contributed by atoms with Crippen LogP contribution in [0.2, 0.25) is 0 Å². The van der Waals surface area contributed by atoms with Gasteiger partial charge >= 0.3 is 0 Å². The van der Waals surface area contributed by atoms with Crippen molar-refractivity contribution in [3.63, 3.8) is 0 Å². The van der Waals surface area contributed by atoms with Gasteiger partial charge in [0.1, 0.15) is 0 Å². The van der Waals surface area contributed by atoms with Crippen molar-refractivity contribution in [2.45, 2.75) is 25.7 Å². The Morgan fingerprint density at radius 3 is 2.86 bits per heavy atom. The van der Waals surface area contributed by atoms with E-state index in [2.05, 4.69) is 37.6 Å². The maximum Gasteiger partial charge on any atom is 0.258 e. The SMILES string of the molecule is O=C(CCCc1c[nH]c2ccccc12)NCCc1noc(-c2ccncc2)n1. The van der Waals surface area contributed by atoms with E-state index >= 15 is 0 Å². The van der Waals surface area contributed by atoms with Gasteiger partial charge in [-0.15, -0.1) is 0 Å². The van der Waals surface area contributed by atoms with Crippen LogP contribution in [0.3, 0.4) is 0 Å². The average Bonchev–Trinajstić information content (AvgIpc) is 3.36. The number of benzene rings is 1. The Labute approximate surface area is 162 Å². The van der Waals surface area contributed by atoms with Crippen LogP contribution in [-0.4, -0.2) is 32.6 Å². The number of hydrogen-bond acceptors (Lipinski definition) is 5. The first-order valence-electron chi connectivity index (χ1n) is 9.34. The molecule has 0 atom stereocenters. The number of aromatic nitrogens is 4. The van der Waals surface area contributed by atoms with Gasteiger partial charge in [-0.3, -0.25) is 9.78 Å². The van der Waals surface area contributed by atoms with Crippen molar-refractivity contribution >= 4 is 16.8 Å². The molecule has 3 aromatic heterocycles. The van der Waals surface area contributed by atoms with Crippen molar-refractivity contribution in [2.75, 3.05) is 6.54 Å². The predicted octanol–water partition coefficient (Wildman–Crippen LogP) is 3.29. The highest BCUT2D eigenvalue weighted by Gasteiger charge is 2.09. The number of aromatic amines is 1. The van der Waals surface area contributed by atoms with Crippen LogP contribution in [0.1, 0.15) is 24.2 Å². The van der Waals surface area contributed by atoms with Crippen molar-refractivity contribution in [1.29, 1.82) is 0 Å². The van der Waals surface area contributed by atoms with Gasteiger partial charge in [-0.1, -0.05) is 23.4 Å². The fourth-order valence-electron chi connectivity index (χ4n) is 3.15. The molecule has 2 N–H and O–H groups in total. The molecule has 0 spiro atoms. The Bertz CT molecular complexity index is 1050. The van der Waals surface area contributed by atoms with Crippen molar-refractivity contribution in [3.05, 3.63) is 66.4 Å². The summed E-state index contributed by atoms with van der Waals surface area (Å²) >= 11 is 0. The largest absolute Gasteiger partial charge is 0.361 e. The zero-order valence-electron chi connectivity index (χ0n) is 15.4. The summed E-state index contributed by atoms with van der Waals surface area (Å²) in [4.78, 5) is 23.6. The lowest BCUT2D eigenvalue weighted by atomic mass is 10.1. The molecule has 0 aliphatic rings. The van der Waals surface area contributed by atoms with E-state index in [1.807, 2.05) is 30.5 Å². The Morgan fingerprint density at radius 2 is 1.96 bits per heavy atom. The number of H-pyrrole nitrogens is 1. The van der Waals surface area contributed by atoms with Crippen LogP contribution in [0.4, 0.5) is 0 Å². The van der Waals surface area contributed by atoms with Crippen LogP contribution < -0.4 is 5.32 Å². The number of pyridine rings is 1. The smallest absolute Gasteiger partial charge is 0.258 e. The van der Waals surface area contributed by atoms with E-state index in [4.69, 9.17) is 4.52 Å². The predicted molar refractivity (Wildman–Crippen MR) is 105 cm³/mol. The summed E-state index contributed by atoms with van der Waals surface area (Å²) in [7, 11) is 0. The molecule has 142 valence electrons. The summed E-state index contributed by atoms with van der Waals surface area (Å²) in [6, 6.07) is 11.8. The van der Waals surface area contributed by atoms with E-state index in [0.717, 1.165) is 23.9 Å². The average molecular weight is 375 g/mol. The van der Waals surface area contributed by atoms with Gasteiger partial charge in [-0.25, -0.2) is 0 Å². The summed E-state index contributed by atoms with van der Waals surface area (Å²) in [5.74, 6) is 1.08. The summed E-state index contributed by atoms with van der Waals surface area (Å²) < 4.78 is 5.25. The standard InChI is InChI=1S/C21H21N5O2/c27-20(7-3-4-16-14-24-18-6-2-1-5-17(16)18)23-13-10-19-25-21(28-26-19)15-8-11-22-12-9-15/h1-2,5-6,8-9,11-12,14,24H,3-4,7,10,13H2,(H,23,27). The minimum Gasteiger partial charge on any atom is -0.361 e.